The smallest absolute Gasteiger partial charge is 0.326 e. The first-order valence-electron chi connectivity index (χ1n) is 9.16. The van der Waals surface area contributed by atoms with Crippen LogP contribution in [-0.4, -0.2) is 41.2 Å². The second kappa shape index (κ2) is 8.40. The Morgan fingerprint density at radius 3 is 2.79 bits per heavy atom. The van der Waals surface area contributed by atoms with E-state index in [0.29, 0.717) is 24.3 Å². The van der Waals surface area contributed by atoms with Gasteiger partial charge in [0.25, 0.3) is 5.91 Å². The molecular formula is C21H20N4O3S. The third-order valence-corrected chi connectivity index (χ3v) is 5.52. The summed E-state index contributed by atoms with van der Waals surface area (Å²) in [6.45, 7) is 1.01. The number of nitrogens with zero attached hydrogens (tertiary/aromatic N) is 3. The number of urea groups is 1. The maximum atomic E-state index is 12.7. The molecule has 0 atom stereocenters. The summed E-state index contributed by atoms with van der Waals surface area (Å²) in [7, 11) is 1.72. The van der Waals surface area contributed by atoms with Crippen LogP contribution in [0.25, 0.3) is 0 Å². The van der Waals surface area contributed by atoms with Gasteiger partial charge in [0.05, 0.1) is 18.5 Å². The van der Waals surface area contributed by atoms with Crippen molar-refractivity contribution in [2.24, 2.45) is 0 Å². The van der Waals surface area contributed by atoms with E-state index in [4.69, 9.17) is 4.42 Å². The predicted octanol–water partition coefficient (Wildman–Crippen LogP) is 4.09. The van der Waals surface area contributed by atoms with Gasteiger partial charge in [-0.25, -0.2) is 9.78 Å². The molecule has 1 aliphatic rings. The molecule has 2 aromatic heterocycles. The molecule has 0 aliphatic carbocycles. The van der Waals surface area contributed by atoms with E-state index in [-0.39, 0.29) is 11.9 Å². The molecule has 8 heteroatoms. The topological polar surface area (TPSA) is 78.7 Å². The molecule has 0 saturated heterocycles. The summed E-state index contributed by atoms with van der Waals surface area (Å²) in [5.74, 6) is 1.40. The van der Waals surface area contributed by atoms with Crippen LogP contribution in [0.4, 0.5) is 16.2 Å². The average Bonchev–Trinajstić information content (AvgIpc) is 3.26. The number of pyridine rings is 1. The van der Waals surface area contributed by atoms with Gasteiger partial charge in [-0.3, -0.25) is 9.69 Å². The summed E-state index contributed by atoms with van der Waals surface area (Å²) in [5, 5.41) is 3.75. The van der Waals surface area contributed by atoms with Gasteiger partial charge in [0, 0.05) is 36.8 Å². The zero-order valence-electron chi connectivity index (χ0n) is 15.9. The van der Waals surface area contributed by atoms with Gasteiger partial charge in [-0.2, -0.15) is 0 Å². The molecular weight excluding hydrogens is 388 g/mol. The van der Waals surface area contributed by atoms with Gasteiger partial charge < -0.3 is 14.6 Å². The van der Waals surface area contributed by atoms with Crippen LogP contribution in [-0.2, 0) is 6.54 Å². The highest BCUT2D eigenvalue weighted by molar-refractivity contribution is 7.99. The number of aromatic nitrogens is 1. The molecule has 0 radical (unpaired) electrons. The van der Waals surface area contributed by atoms with Crippen LogP contribution in [0.1, 0.15) is 16.1 Å². The van der Waals surface area contributed by atoms with Crippen molar-refractivity contribution in [2.75, 3.05) is 29.6 Å². The molecule has 0 unspecified atom stereocenters. The molecule has 1 aliphatic heterocycles. The largest absolute Gasteiger partial charge is 0.467 e. The fourth-order valence-corrected chi connectivity index (χ4v) is 4.01. The van der Waals surface area contributed by atoms with Crippen molar-refractivity contribution < 1.29 is 14.0 Å². The number of benzene rings is 1. The Balaban J connectivity index is 1.41. The zero-order valence-corrected chi connectivity index (χ0v) is 16.7. The Labute approximate surface area is 172 Å². The normalized spacial score (nSPS) is 12.9. The summed E-state index contributed by atoms with van der Waals surface area (Å²) < 4.78 is 5.28. The minimum Gasteiger partial charge on any atom is -0.467 e. The van der Waals surface area contributed by atoms with Crippen LogP contribution < -0.4 is 10.2 Å². The van der Waals surface area contributed by atoms with Gasteiger partial charge in [0.2, 0.25) is 0 Å². The molecule has 148 valence electrons. The Morgan fingerprint density at radius 1 is 1.21 bits per heavy atom. The summed E-state index contributed by atoms with van der Waals surface area (Å²) in [6.07, 6.45) is 3.31. The predicted molar refractivity (Wildman–Crippen MR) is 112 cm³/mol. The molecule has 4 rings (SSSR count). The van der Waals surface area contributed by atoms with E-state index in [1.165, 1.54) is 0 Å². The zero-order chi connectivity index (χ0) is 20.2. The minimum atomic E-state index is -0.214. The quantitative estimate of drug-likeness (QED) is 0.703. The van der Waals surface area contributed by atoms with Crippen molar-refractivity contribution in [3.63, 3.8) is 0 Å². The lowest BCUT2D eigenvalue weighted by Crippen LogP contribution is -2.38. The standard InChI is InChI=1S/C21H20N4O3S/c1-24(14-17-4-3-12-28-17)20(26)15-6-8-16(9-7-15)23-21(27)25-11-13-29-19-18(25)5-2-10-22-19/h2-10,12H,11,13-14H2,1H3,(H,23,27). The Morgan fingerprint density at radius 2 is 2.03 bits per heavy atom. The average molecular weight is 408 g/mol. The van der Waals surface area contributed by atoms with Gasteiger partial charge in [-0.05, 0) is 48.5 Å². The maximum Gasteiger partial charge on any atom is 0.326 e. The first-order valence-corrected chi connectivity index (χ1v) is 10.1. The summed E-state index contributed by atoms with van der Waals surface area (Å²) in [4.78, 5) is 32.9. The SMILES string of the molecule is CN(Cc1ccco1)C(=O)c1ccc(NC(=O)N2CCSc3ncccc32)cc1. The monoisotopic (exact) mass is 408 g/mol. The van der Waals surface area contributed by atoms with E-state index in [2.05, 4.69) is 10.3 Å². The Bertz CT molecular complexity index is 1010. The van der Waals surface area contributed by atoms with Crippen LogP contribution in [0.2, 0.25) is 0 Å². The van der Waals surface area contributed by atoms with Gasteiger partial charge >= 0.3 is 6.03 Å². The second-order valence-corrected chi connectivity index (χ2v) is 7.66. The molecule has 0 saturated carbocycles. The number of furan rings is 1. The number of carbonyl (C=O) groups is 2. The number of anilines is 2. The molecule has 3 amide bonds. The first-order chi connectivity index (χ1) is 14.1. The van der Waals surface area contributed by atoms with Crippen LogP contribution in [0.5, 0.6) is 0 Å². The van der Waals surface area contributed by atoms with E-state index >= 15 is 0 Å². The van der Waals surface area contributed by atoms with Crippen molar-refractivity contribution in [1.29, 1.82) is 0 Å². The van der Waals surface area contributed by atoms with E-state index in [1.54, 1.807) is 71.4 Å². The van der Waals surface area contributed by atoms with Gasteiger partial charge in [-0.1, -0.05) is 0 Å². The van der Waals surface area contributed by atoms with Gasteiger partial charge in [0.1, 0.15) is 10.8 Å². The lowest BCUT2D eigenvalue weighted by atomic mass is 10.2. The number of thioether (sulfide) groups is 1. The highest BCUT2D eigenvalue weighted by atomic mass is 32.2. The van der Waals surface area contributed by atoms with E-state index < -0.39 is 0 Å². The fourth-order valence-electron chi connectivity index (χ4n) is 3.08. The van der Waals surface area contributed by atoms with Crippen molar-refractivity contribution in [3.8, 4) is 0 Å². The van der Waals surface area contributed by atoms with Crippen LogP contribution in [0, 0.1) is 0 Å². The first kappa shape index (κ1) is 19.1. The van der Waals surface area contributed by atoms with Crippen molar-refractivity contribution >= 4 is 35.1 Å². The minimum absolute atomic E-state index is 0.118. The number of nitrogens with one attached hydrogen (secondary N) is 1. The maximum absolute atomic E-state index is 12.7. The molecule has 1 N–H and O–H groups in total. The third kappa shape index (κ3) is 4.27. The number of hydrogen-bond acceptors (Lipinski definition) is 5. The molecule has 1 aromatic carbocycles. The Kier molecular flexibility index (Phi) is 5.53. The number of fused-ring (bicyclic) bond motifs is 1. The van der Waals surface area contributed by atoms with Gasteiger partial charge in [0.15, 0.2) is 0 Å². The summed E-state index contributed by atoms with van der Waals surface area (Å²) in [6, 6.07) is 14.0. The van der Waals surface area contributed by atoms with Crippen molar-refractivity contribution in [2.45, 2.75) is 11.6 Å². The molecule has 3 heterocycles. The van der Waals surface area contributed by atoms with Crippen LogP contribution >= 0.6 is 11.8 Å². The fraction of sp³-hybridized carbons (Fsp3) is 0.190. The van der Waals surface area contributed by atoms with Gasteiger partial charge in [-0.15, -0.1) is 11.8 Å². The second-order valence-electron chi connectivity index (χ2n) is 6.58. The summed E-state index contributed by atoms with van der Waals surface area (Å²) >= 11 is 1.64. The van der Waals surface area contributed by atoms with E-state index in [1.807, 2.05) is 18.2 Å². The van der Waals surface area contributed by atoms with E-state index in [0.717, 1.165) is 22.2 Å². The molecule has 29 heavy (non-hydrogen) atoms. The molecule has 7 nitrogen and oxygen atoms in total. The van der Waals surface area contributed by atoms with Crippen LogP contribution in [0.15, 0.2) is 70.4 Å². The molecule has 0 fully saturated rings. The molecule has 3 aromatic rings. The third-order valence-electron chi connectivity index (χ3n) is 4.54. The number of hydrogen-bond donors (Lipinski definition) is 1. The highest BCUT2D eigenvalue weighted by Gasteiger charge is 2.23. The number of amides is 3. The van der Waals surface area contributed by atoms with E-state index in [9.17, 15) is 9.59 Å². The lowest BCUT2D eigenvalue weighted by Gasteiger charge is -2.28. The highest BCUT2D eigenvalue weighted by Crippen LogP contribution is 2.32. The number of carbonyl (C=O) groups excluding carboxylic acids is 2. The number of rotatable bonds is 4. The van der Waals surface area contributed by atoms with Crippen molar-refractivity contribution in [3.05, 3.63) is 72.3 Å². The summed E-state index contributed by atoms with van der Waals surface area (Å²) in [5.41, 5.74) is 1.98. The van der Waals surface area contributed by atoms with Crippen molar-refractivity contribution in [1.82, 2.24) is 9.88 Å². The molecule has 0 spiro atoms. The van der Waals surface area contributed by atoms with Crippen LogP contribution in [0.3, 0.4) is 0 Å². The lowest BCUT2D eigenvalue weighted by molar-refractivity contribution is 0.0775. The Hall–Kier alpha value is -3.26. The molecule has 0 bridgehead atoms.